The van der Waals surface area contributed by atoms with Gasteiger partial charge < -0.3 is 9.13 Å². The first-order valence-electron chi connectivity index (χ1n) is 28.3. The van der Waals surface area contributed by atoms with E-state index in [9.17, 15) is 84.3 Å². The molecule has 0 aliphatic heterocycles. The van der Waals surface area contributed by atoms with Gasteiger partial charge in [-0.3, -0.25) is 4.98 Å². The molecule has 0 amide bonds. The summed E-state index contributed by atoms with van der Waals surface area (Å²) in [5, 5.41) is 11.6. The minimum atomic E-state index is -5.49. The van der Waals surface area contributed by atoms with Crippen LogP contribution >= 0.6 is 0 Å². The number of halogens is 24. The molecule has 98 heavy (non-hydrogen) atoms. The normalized spacial score (nSPS) is 13.2. The zero-order valence-corrected chi connectivity index (χ0v) is 49.0. The van der Waals surface area contributed by atoms with E-state index in [0.717, 1.165) is 59.2 Å². The molecule has 0 spiro atoms. The lowest BCUT2D eigenvalue weighted by Crippen LogP contribution is -2.12. The molecule has 3 aromatic heterocycles. The molecule has 0 atom stereocenters. The van der Waals surface area contributed by atoms with Crippen molar-refractivity contribution in [3.8, 4) is 73.1 Å². The van der Waals surface area contributed by atoms with E-state index in [4.69, 9.17) is 0 Å². The molecule has 0 radical (unpaired) electrons. The molecule has 9 aromatic carbocycles. The van der Waals surface area contributed by atoms with E-state index >= 15 is 26.3 Å². The van der Waals surface area contributed by atoms with E-state index in [2.05, 4.69) is 4.98 Å². The minimum Gasteiger partial charge on any atom is -0.309 e. The van der Waals surface area contributed by atoms with Gasteiger partial charge in [-0.05, 0) is 161 Å². The van der Waals surface area contributed by atoms with Crippen LogP contribution in [0.4, 0.5) is 105 Å². The molecule has 0 aliphatic rings. The van der Waals surface area contributed by atoms with Crippen LogP contribution in [0.3, 0.4) is 0 Å². The van der Waals surface area contributed by atoms with Crippen LogP contribution < -0.4 is 0 Å². The number of benzene rings is 9. The Morgan fingerprint density at radius 1 is 0.276 bits per heavy atom. The van der Waals surface area contributed by atoms with Crippen molar-refractivity contribution >= 4 is 43.6 Å². The van der Waals surface area contributed by atoms with Crippen molar-refractivity contribution in [2.24, 2.45) is 0 Å². The maximum atomic E-state index is 15.0. The highest BCUT2D eigenvalue weighted by Crippen LogP contribution is 2.50. The standard InChI is InChI=1S/C70H34F24N4/c1-32-19-38(20-33(2)96-32)52-30-57(97-58-21-34(44-15-7-40(63(71,72)73)26-53(44)67(83,84)85)3-11-48(58)49-12-4-35(22-59(49)97)45-16-8-41(64(74,75)76)27-54(45)68(86,87)88)39(31-95)25-62(52)98-60-23-36(46-17-9-42(65(77,78)79)28-55(46)69(89,90)91)5-13-50(60)51-14-6-37(24-61(51)98)47-18-10-43(66(80,81)82)29-56(47)70(92,93)94/h3-30H,1-2H3. The van der Waals surface area contributed by atoms with Crippen molar-refractivity contribution in [3.05, 3.63) is 231 Å². The lowest BCUT2D eigenvalue weighted by atomic mass is 9.95. The summed E-state index contributed by atoms with van der Waals surface area (Å²) in [4.78, 5) is 4.42. The van der Waals surface area contributed by atoms with Gasteiger partial charge in [0.2, 0.25) is 0 Å². The maximum absolute atomic E-state index is 15.0. The van der Waals surface area contributed by atoms with Crippen LogP contribution in [0, 0.1) is 25.2 Å². The lowest BCUT2D eigenvalue weighted by molar-refractivity contribution is -0.144. The Hall–Kier alpha value is -10.5. The van der Waals surface area contributed by atoms with Gasteiger partial charge in [-0.1, -0.05) is 72.8 Å². The molecule has 0 fully saturated rings. The van der Waals surface area contributed by atoms with E-state index < -0.39 is 144 Å². The Kier molecular flexibility index (Phi) is 15.7. The Labute approximate surface area is 534 Å². The fraction of sp³-hybridized carbons (Fsp3) is 0.143. The summed E-state index contributed by atoms with van der Waals surface area (Å²) in [5.74, 6) is 0. The second-order valence-electron chi connectivity index (χ2n) is 22.8. The molecule has 0 N–H and O–H groups in total. The first kappa shape index (κ1) is 67.5. The van der Waals surface area contributed by atoms with Crippen molar-refractivity contribution < 1.29 is 105 Å². The average molecular weight is 1390 g/mol. The summed E-state index contributed by atoms with van der Waals surface area (Å²) in [5.41, 5.74) is -20.9. The molecule has 3 heterocycles. The van der Waals surface area contributed by atoms with Gasteiger partial charge in [0.1, 0.15) is 6.07 Å². The van der Waals surface area contributed by atoms with Gasteiger partial charge in [0.05, 0.1) is 83.5 Å². The highest BCUT2D eigenvalue weighted by Gasteiger charge is 2.43. The average Bonchev–Trinajstić information content (AvgIpc) is 1.56. The van der Waals surface area contributed by atoms with Gasteiger partial charge in [0.25, 0.3) is 0 Å². The molecule has 0 saturated carbocycles. The summed E-state index contributed by atoms with van der Waals surface area (Å²) in [6.07, 6.45) is -43.2. The van der Waals surface area contributed by atoms with Gasteiger partial charge >= 0.3 is 49.4 Å². The summed E-state index contributed by atoms with van der Waals surface area (Å²) in [7, 11) is 0. The number of alkyl halides is 24. The van der Waals surface area contributed by atoms with Crippen molar-refractivity contribution in [2.75, 3.05) is 0 Å². The smallest absolute Gasteiger partial charge is 0.309 e. The van der Waals surface area contributed by atoms with E-state index in [0.29, 0.717) is 48.5 Å². The molecule has 12 aromatic rings. The van der Waals surface area contributed by atoms with Crippen LogP contribution in [0.2, 0.25) is 0 Å². The quantitative estimate of drug-likeness (QED) is 0.149. The topological polar surface area (TPSA) is 46.5 Å². The minimum absolute atomic E-state index is 0.00907. The van der Waals surface area contributed by atoms with E-state index in [1.165, 1.54) is 60.9 Å². The second kappa shape index (κ2) is 22.8. The molecule has 0 aliphatic carbocycles. The third-order valence-corrected chi connectivity index (χ3v) is 16.5. The zero-order valence-electron chi connectivity index (χ0n) is 49.0. The van der Waals surface area contributed by atoms with Gasteiger partial charge in [-0.25, -0.2) is 0 Å². The van der Waals surface area contributed by atoms with Crippen LogP contribution in [0.15, 0.2) is 170 Å². The molecule has 0 saturated heterocycles. The fourth-order valence-corrected chi connectivity index (χ4v) is 12.3. The summed E-state index contributed by atoms with van der Waals surface area (Å²) < 4.78 is 351. The van der Waals surface area contributed by atoms with E-state index in [1.807, 2.05) is 6.07 Å². The highest BCUT2D eigenvalue weighted by molar-refractivity contribution is 6.13. The van der Waals surface area contributed by atoms with E-state index in [-0.39, 0.29) is 102 Å². The highest BCUT2D eigenvalue weighted by atomic mass is 19.4. The lowest BCUT2D eigenvalue weighted by Gasteiger charge is -2.21. The van der Waals surface area contributed by atoms with Gasteiger partial charge in [-0.15, -0.1) is 0 Å². The Bertz CT molecular complexity index is 5020. The number of nitriles is 1. The Morgan fingerprint density at radius 3 is 0.786 bits per heavy atom. The van der Waals surface area contributed by atoms with Crippen molar-refractivity contribution in [1.82, 2.24) is 14.1 Å². The molecule has 0 bridgehead atoms. The molecule has 28 heteroatoms. The molecule has 0 unspecified atom stereocenters. The molecule has 502 valence electrons. The predicted molar refractivity (Wildman–Crippen MR) is 314 cm³/mol. The Morgan fingerprint density at radius 2 is 0.541 bits per heavy atom. The number of aromatic nitrogens is 3. The van der Waals surface area contributed by atoms with Crippen LogP contribution in [-0.4, -0.2) is 14.1 Å². The fourth-order valence-electron chi connectivity index (χ4n) is 12.3. The number of nitrogens with zero attached hydrogens (tertiary/aromatic N) is 4. The molecular formula is C70H34F24N4. The number of rotatable bonds is 7. The van der Waals surface area contributed by atoms with E-state index in [1.54, 1.807) is 0 Å². The van der Waals surface area contributed by atoms with Gasteiger partial charge in [0.15, 0.2) is 0 Å². The third-order valence-electron chi connectivity index (χ3n) is 16.5. The zero-order chi connectivity index (χ0) is 71.3. The van der Waals surface area contributed by atoms with Gasteiger partial charge in [-0.2, -0.15) is 111 Å². The van der Waals surface area contributed by atoms with Crippen LogP contribution in [0.25, 0.3) is 111 Å². The monoisotopic (exact) mass is 1390 g/mol. The largest absolute Gasteiger partial charge is 0.417 e. The predicted octanol–water partition coefficient (Wildman–Crippen LogP) is 24.2. The molecule has 12 rings (SSSR count). The Balaban J connectivity index is 1.23. The van der Waals surface area contributed by atoms with Crippen molar-refractivity contribution in [1.29, 1.82) is 5.26 Å². The summed E-state index contributed by atoms with van der Waals surface area (Å²) >= 11 is 0. The number of pyridine rings is 1. The number of fused-ring (bicyclic) bond motifs is 6. The van der Waals surface area contributed by atoms with Crippen molar-refractivity contribution in [3.63, 3.8) is 0 Å². The van der Waals surface area contributed by atoms with Gasteiger partial charge in [0, 0.05) is 38.5 Å². The summed E-state index contributed by atoms with van der Waals surface area (Å²) in [6.45, 7) is 2.99. The summed E-state index contributed by atoms with van der Waals surface area (Å²) in [6, 6.07) is 23.3. The first-order valence-corrected chi connectivity index (χ1v) is 28.3. The van der Waals surface area contributed by atoms with Crippen LogP contribution in [0.1, 0.15) is 61.5 Å². The second-order valence-corrected chi connectivity index (χ2v) is 22.8. The molecular weight excluding hydrogens is 1350 g/mol. The third kappa shape index (κ3) is 12.2. The number of hydrogen-bond donors (Lipinski definition) is 0. The maximum Gasteiger partial charge on any atom is 0.417 e. The number of aryl methyl sites for hydroxylation is 2. The SMILES string of the molecule is Cc1cc(-c2cc(-n3c4cc(-c5ccc(C(F)(F)F)cc5C(F)(F)F)ccc4c4ccc(-c5ccc(C(F)(F)F)cc5C(F)(F)F)cc43)c(C#N)cc2-n2c3cc(-c4ccc(C(F)(F)F)cc4C(F)(F)F)ccc3c3ccc(-c4ccc(C(F)(F)F)cc4C(F)(F)F)cc32)cc(C)n1. The molecule has 4 nitrogen and oxygen atoms in total. The van der Waals surface area contributed by atoms with Crippen molar-refractivity contribution in [2.45, 2.75) is 63.3 Å². The van der Waals surface area contributed by atoms with Crippen LogP contribution in [-0.2, 0) is 49.4 Å². The first-order chi connectivity index (χ1) is 45.4. The van der Waals surface area contributed by atoms with Crippen LogP contribution in [0.5, 0.6) is 0 Å². The number of hydrogen-bond acceptors (Lipinski definition) is 2.